The standard InChI is InChI=1S/C21H18ClN3O2/c1-15(27-20-9-5-6-16(22)14-20)21(26)23-17-10-12-19(13-11-17)25-24-18-7-3-2-4-8-18/h2-15H,1H3,(H,23,26). The van der Waals surface area contributed by atoms with E-state index >= 15 is 0 Å². The normalized spacial score (nSPS) is 11.9. The average molecular weight is 380 g/mol. The third-order valence-corrected chi connectivity index (χ3v) is 3.89. The summed E-state index contributed by atoms with van der Waals surface area (Å²) in [7, 11) is 0. The number of hydrogen-bond donors (Lipinski definition) is 1. The molecule has 0 radical (unpaired) electrons. The number of anilines is 1. The van der Waals surface area contributed by atoms with Crippen molar-refractivity contribution in [3.8, 4) is 5.75 Å². The van der Waals surface area contributed by atoms with Gasteiger partial charge in [-0.15, -0.1) is 0 Å². The summed E-state index contributed by atoms with van der Waals surface area (Å²) >= 11 is 5.92. The van der Waals surface area contributed by atoms with Crippen LogP contribution < -0.4 is 10.1 Å². The van der Waals surface area contributed by atoms with Crippen LogP contribution in [0.5, 0.6) is 5.75 Å². The molecule has 27 heavy (non-hydrogen) atoms. The number of nitrogens with one attached hydrogen (secondary N) is 1. The lowest BCUT2D eigenvalue weighted by atomic mass is 10.2. The molecular weight excluding hydrogens is 362 g/mol. The van der Waals surface area contributed by atoms with Crippen LogP contribution in [-0.2, 0) is 4.79 Å². The van der Waals surface area contributed by atoms with Crippen LogP contribution in [0.3, 0.4) is 0 Å². The molecule has 1 unspecified atom stereocenters. The first-order valence-corrected chi connectivity index (χ1v) is 8.78. The Morgan fingerprint density at radius 3 is 2.26 bits per heavy atom. The minimum atomic E-state index is -0.666. The number of carbonyl (C=O) groups is 1. The highest BCUT2D eigenvalue weighted by atomic mass is 35.5. The van der Waals surface area contributed by atoms with Crippen LogP contribution in [0, 0.1) is 0 Å². The second-order valence-corrected chi connectivity index (χ2v) is 6.23. The number of amides is 1. The Balaban J connectivity index is 1.57. The number of benzene rings is 3. The smallest absolute Gasteiger partial charge is 0.265 e. The lowest BCUT2D eigenvalue weighted by Gasteiger charge is -2.15. The summed E-state index contributed by atoms with van der Waals surface area (Å²) in [6.45, 7) is 1.68. The zero-order valence-corrected chi connectivity index (χ0v) is 15.4. The van der Waals surface area contributed by atoms with Gasteiger partial charge in [-0.1, -0.05) is 35.9 Å². The number of azo groups is 1. The molecule has 6 heteroatoms. The van der Waals surface area contributed by atoms with E-state index in [0.29, 0.717) is 22.1 Å². The molecule has 0 aromatic heterocycles. The van der Waals surface area contributed by atoms with Gasteiger partial charge in [0.15, 0.2) is 6.10 Å². The molecule has 1 N–H and O–H groups in total. The summed E-state index contributed by atoms with van der Waals surface area (Å²) in [6.07, 6.45) is -0.666. The Kier molecular flexibility index (Phi) is 6.18. The van der Waals surface area contributed by atoms with Gasteiger partial charge in [0.1, 0.15) is 5.75 Å². The molecule has 0 heterocycles. The lowest BCUT2D eigenvalue weighted by molar-refractivity contribution is -0.122. The molecule has 0 saturated carbocycles. The second-order valence-electron chi connectivity index (χ2n) is 5.79. The third-order valence-electron chi connectivity index (χ3n) is 3.65. The predicted octanol–water partition coefficient (Wildman–Crippen LogP) is 6.16. The zero-order chi connectivity index (χ0) is 19.1. The van der Waals surface area contributed by atoms with Crippen LogP contribution in [-0.4, -0.2) is 12.0 Å². The number of halogens is 1. The van der Waals surface area contributed by atoms with E-state index in [0.717, 1.165) is 5.69 Å². The summed E-state index contributed by atoms with van der Waals surface area (Å²) in [5.41, 5.74) is 2.13. The van der Waals surface area contributed by atoms with Gasteiger partial charge in [0, 0.05) is 10.7 Å². The average Bonchev–Trinajstić information content (AvgIpc) is 2.68. The molecule has 0 saturated heterocycles. The molecule has 0 aliphatic carbocycles. The lowest BCUT2D eigenvalue weighted by Crippen LogP contribution is -2.30. The fraction of sp³-hybridized carbons (Fsp3) is 0.0952. The maximum absolute atomic E-state index is 12.3. The predicted molar refractivity (Wildman–Crippen MR) is 107 cm³/mol. The van der Waals surface area contributed by atoms with Crippen molar-refractivity contribution in [1.82, 2.24) is 0 Å². The molecule has 3 aromatic rings. The van der Waals surface area contributed by atoms with Crippen LogP contribution in [0.1, 0.15) is 6.92 Å². The molecule has 0 aliphatic rings. The van der Waals surface area contributed by atoms with E-state index in [9.17, 15) is 4.79 Å². The van der Waals surface area contributed by atoms with Crippen LogP contribution in [0.15, 0.2) is 89.1 Å². The van der Waals surface area contributed by atoms with Gasteiger partial charge in [-0.25, -0.2) is 0 Å². The molecular formula is C21H18ClN3O2. The minimum absolute atomic E-state index is 0.256. The summed E-state index contributed by atoms with van der Waals surface area (Å²) < 4.78 is 5.61. The van der Waals surface area contributed by atoms with Gasteiger partial charge >= 0.3 is 0 Å². The highest BCUT2D eigenvalue weighted by molar-refractivity contribution is 6.30. The van der Waals surface area contributed by atoms with Gasteiger partial charge < -0.3 is 10.1 Å². The highest BCUT2D eigenvalue weighted by Gasteiger charge is 2.15. The Morgan fingerprint density at radius 2 is 1.59 bits per heavy atom. The maximum Gasteiger partial charge on any atom is 0.265 e. The van der Waals surface area contributed by atoms with E-state index in [2.05, 4.69) is 15.5 Å². The Morgan fingerprint density at radius 1 is 0.926 bits per heavy atom. The molecule has 0 aliphatic heterocycles. The Labute approximate surface area is 162 Å². The number of rotatable bonds is 6. The topological polar surface area (TPSA) is 63.0 Å². The zero-order valence-electron chi connectivity index (χ0n) is 14.7. The van der Waals surface area contributed by atoms with E-state index in [1.54, 1.807) is 55.5 Å². The molecule has 0 spiro atoms. The van der Waals surface area contributed by atoms with Gasteiger partial charge in [-0.2, -0.15) is 10.2 Å². The van der Waals surface area contributed by atoms with Crippen molar-refractivity contribution < 1.29 is 9.53 Å². The van der Waals surface area contributed by atoms with Crippen LogP contribution in [0.4, 0.5) is 17.1 Å². The van der Waals surface area contributed by atoms with E-state index in [4.69, 9.17) is 16.3 Å². The first-order chi connectivity index (χ1) is 13.1. The number of ether oxygens (including phenoxy) is 1. The van der Waals surface area contributed by atoms with Crippen LogP contribution in [0.2, 0.25) is 5.02 Å². The van der Waals surface area contributed by atoms with Crippen LogP contribution in [0.25, 0.3) is 0 Å². The van der Waals surface area contributed by atoms with E-state index in [-0.39, 0.29) is 5.91 Å². The van der Waals surface area contributed by atoms with Gasteiger partial charge in [-0.05, 0) is 61.5 Å². The molecule has 1 amide bonds. The summed E-state index contributed by atoms with van der Waals surface area (Å²) in [5.74, 6) is 0.287. The summed E-state index contributed by atoms with van der Waals surface area (Å²) in [4.78, 5) is 12.3. The quantitative estimate of drug-likeness (QED) is 0.521. The Hall–Kier alpha value is -3.18. The maximum atomic E-state index is 12.3. The minimum Gasteiger partial charge on any atom is -0.481 e. The second kappa shape index (κ2) is 8.96. The first kappa shape index (κ1) is 18.6. The molecule has 136 valence electrons. The Bertz CT molecular complexity index is 928. The number of hydrogen-bond acceptors (Lipinski definition) is 4. The van der Waals surface area contributed by atoms with Gasteiger partial charge in [-0.3, -0.25) is 4.79 Å². The third kappa shape index (κ3) is 5.66. The van der Waals surface area contributed by atoms with Crippen molar-refractivity contribution in [3.63, 3.8) is 0 Å². The monoisotopic (exact) mass is 379 g/mol. The summed E-state index contributed by atoms with van der Waals surface area (Å²) in [5, 5.41) is 11.7. The van der Waals surface area contributed by atoms with Gasteiger partial charge in [0.25, 0.3) is 5.91 Å². The van der Waals surface area contributed by atoms with E-state index in [1.807, 2.05) is 30.3 Å². The fourth-order valence-electron chi connectivity index (χ4n) is 2.26. The summed E-state index contributed by atoms with van der Waals surface area (Å²) in [6, 6.07) is 23.5. The first-order valence-electron chi connectivity index (χ1n) is 8.40. The van der Waals surface area contributed by atoms with Crippen molar-refractivity contribution in [2.24, 2.45) is 10.2 Å². The van der Waals surface area contributed by atoms with Gasteiger partial charge in [0.05, 0.1) is 11.4 Å². The molecule has 1 atom stereocenters. The molecule has 3 aromatic carbocycles. The van der Waals surface area contributed by atoms with Crippen molar-refractivity contribution in [2.75, 3.05) is 5.32 Å². The van der Waals surface area contributed by atoms with Crippen LogP contribution >= 0.6 is 11.6 Å². The molecule has 5 nitrogen and oxygen atoms in total. The van der Waals surface area contributed by atoms with Crippen molar-refractivity contribution in [3.05, 3.63) is 83.9 Å². The number of carbonyl (C=O) groups excluding carboxylic acids is 1. The highest BCUT2D eigenvalue weighted by Crippen LogP contribution is 2.21. The van der Waals surface area contributed by atoms with Crippen molar-refractivity contribution in [1.29, 1.82) is 0 Å². The fourth-order valence-corrected chi connectivity index (χ4v) is 2.44. The molecule has 0 fully saturated rings. The van der Waals surface area contributed by atoms with Crippen molar-refractivity contribution in [2.45, 2.75) is 13.0 Å². The van der Waals surface area contributed by atoms with E-state index in [1.165, 1.54) is 0 Å². The van der Waals surface area contributed by atoms with Gasteiger partial charge in [0.2, 0.25) is 0 Å². The van der Waals surface area contributed by atoms with Crippen molar-refractivity contribution >= 4 is 34.6 Å². The largest absolute Gasteiger partial charge is 0.481 e. The van der Waals surface area contributed by atoms with E-state index < -0.39 is 6.10 Å². The SMILES string of the molecule is CC(Oc1cccc(Cl)c1)C(=O)Nc1ccc(N=Nc2ccccc2)cc1. The molecule has 0 bridgehead atoms. The molecule has 3 rings (SSSR count). The number of nitrogens with zero attached hydrogens (tertiary/aromatic N) is 2.